The maximum atomic E-state index is 12.9. The summed E-state index contributed by atoms with van der Waals surface area (Å²) < 4.78 is 38.6. The summed E-state index contributed by atoms with van der Waals surface area (Å²) in [5.41, 5.74) is -3.81. The highest BCUT2D eigenvalue weighted by molar-refractivity contribution is 5.73. The van der Waals surface area contributed by atoms with Crippen LogP contribution in [0.4, 0.5) is 13.2 Å². The number of carbonyl (C=O) groups is 1. The number of aliphatic carboxylic acids is 1. The first-order valence-electron chi connectivity index (χ1n) is 5.52. The van der Waals surface area contributed by atoms with E-state index >= 15 is 0 Å². The predicted octanol–water partition coefficient (Wildman–Crippen LogP) is 1.05. The molecule has 0 fully saturated rings. The van der Waals surface area contributed by atoms with Crippen LogP contribution in [0.2, 0.25) is 0 Å². The van der Waals surface area contributed by atoms with Crippen LogP contribution in [0.25, 0.3) is 0 Å². The van der Waals surface area contributed by atoms with E-state index in [1.165, 1.54) is 0 Å². The number of phenolic OH excluding ortho intramolecular Hbond substituents is 1. The molecule has 1 aliphatic rings. The molecule has 0 spiro atoms. The average molecular weight is 306 g/mol. The molecule has 0 saturated heterocycles. The minimum atomic E-state index is -4.84. The highest BCUT2D eigenvalue weighted by Crippen LogP contribution is 2.53. The van der Waals surface area contributed by atoms with E-state index < -0.39 is 46.9 Å². The van der Waals surface area contributed by atoms with Gasteiger partial charge in [0, 0.05) is 5.56 Å². The molecule has 0 aliphatic carbocycles. The van der Waals surface area contributed by atoms with Gasteiger partial charge < -0.3 is 20.4 Å². The van der Waals surface area contributed by atoms with Crippen molar-refractivity contribution >= 4 is 5.97 Å². The van der Waals surface area contributed by atoms with Crippen LogP contribution in [-0.2, 0) is 10.5 Å². The van der Waals surface area contributed by atoms with Crippen LogP contribution in [0.5, 0.6) is 5.75 Å². The SMILES string of the molecule is O=C(O)C(O)C(O)c1cc(O)cc(C2(C(F)(F)F)N=N2)c1. The van der Waals surface area contributed by atoms with Crippen molar-refractivity contribution in [3.8, 4) is 5.75 Å². The van der Waals surface area contributed by atoms with Crippen molar-refractivity contribution in [2.24, 2.45) is 10.2 Å². The number of aromatic hydroxyl groups is 1. The Morgan fingerprint density at radius 2 is 1.76 bits per heavy atom. The van der Waals surface area contributed by atoms with E-state index in [0.29, 0.717) is 0 Å². The molecule has 1 aliphatic heterocycles. The fraction of sp³-hybridized carbons (Fsp3) is 0.364. The maximum absolute atomic E-state index is 12.9. The number of nitrogens with zero attached hydrogens (tertiary/aromatic N) is 2. The van der Waals surface area contributed by atoms with Crippen LogP contribution >= 0.6 is 0 Å². The summed E-state index contributed by atoms with van der Waals surface area (Å²) in [6.07, 6.45) is -9.11. The van der Waals surface area contributed by atoms with Crippen LogP contribution in [0.3, 0.4) is 0 Å². The molecule has 4 N–H and O–H groups in total. The topological polar surface area (TPSA) is 123 Å². The molecule has 1 heterocycles. The molecule has 0 amide bonds. The molecule has 0 radical (unpaired) electrons. The van der Waals surface area contributed by atoms with Gasteiger partial charge in [-0.15, -0.1) is 10.2 Å². The Labute approximate surface area is 115 Å². The Morgan fingerprint density at radius 3 is 2.19 bits per heavy atom. The molecule has 2 atom stereocenters. The molecular weight excluding hydrogens is 297 g/mol. The van der Waals surface area contributed by atoms with Crippen LogP contribution in [0.1, 0.15) is 17.2 Å². The second-order valence-corrected chi connectivity index (χ2v) is 4.41. The fourth-order valence-corrected chi connectivity index (χ4v) is 1.77. The molecule has 1 aromatic carbocycles. The van der Waals surface area contributed by atoms with Gasteiger partial charge in [-0.25, -0.2) is 4.79 Å². The smallest absolute Gasteiger partial charge is 0.442 e. The number of alkyl halides is 3. The van der Waals surface area contributed by atoms with Gasteiger partial charge in [0.1, 0.15) is 11.9 Å². The van der Waals surface area contributed by atoms with Crippen molar-refractivity contribution in [2.45, 2.75) is 24.0 Å². The summed E-state index contributed by atoms with van der Waals surface area (Å²) in [5, 5.41) is 42.7. The number of hydrogen-bond donors (Lipinski definition) is 4. The monoisotopic (exact) mass is 306 g/mol. The lowest BCUT2D eigenvalue weighted by molar-refractivity contribution is -0.166. The summed E-state index contributed by atoms with van der Waals surface area (Å²) >= 11 is 0. The third-order valence-corrected chi connectivity index (χ3v) is 2.93. The van der Waals surface area contributed by atoms with Crippen molar-refractivity contribution in [2.75, 3.05) is 0 Å². The maximum Gasteiger partial charge on any atom is 0.442 e. The molecule has 10 heteroatoms. The first kappa shape index (κ1) is 15.2. The van der Waals surface area contributed by atoms with E-state index in [-0.39, 0.29) is 0 Å². The zero-order valence-electron chi connectivity index (χ0n) is 10.1. The standard InChI is InChI=1S/C11H9F3N2O5/c12-11(13,14)10(15-16-10)5-1-4(2-6(17)3-5)7(18)8(19)9(20)21/h1-3,7-8,17-19H,(H,20,21). The quantitative estimate of drug-likeness (QED) is 0.662. The minimum absolute atomic E-state index is 0.402. The Hall–Kier alpha value is -2.20. The average Bonchev–Trinajstić information content (AvgIpc) is 3.16. The zero-order valence-corrected chi connectivity index (χ0v) is 10.1. The van der Waals surface area contributed by atoms with Crippen molar-refractivity contribution < 1.29 is 38.4 Å². The zero-order chi connectivity index (χ0) is 16.0. The van der Waals surface area contributed by atoms with Gasteiger partial charge in [0.2, 0.25) is 0 Å². The number of hydrogen-bond acceptors (Lipinski definition) is 6. The second kappa shape index (κ2) is 4.67. The Morgan fingerprint density at radius 1 is 1.19 bits per heavy atom. The first-order chi connectivity index (χ1) is 9.58. The van der Waals surface area contributed by atoms with Crippen molar-refractivity contribution in [1.29, 1.82) is 0 Å². The van der Waals surface area contributed by atoms with Crippen LogP contribution in [-0.4, -0.2) is 38.7 Å². The summed E-state index contributed by atoms with van der Waals surface area (Å²) in [6.45, 7) is 0. The lowest BCUT2D eigenvalue weighted by Gasteiger charge is -2.19. The summed E-state index contributed by atoms with van der Waals surface area (Å²) in [4.78, 5) is 10.6. The van der Waals surface area contributed by atoms with E-state index in [0.717, 1.165) is 18.2 Å². The van der Waals surface area contributed by atoms with Crippen molar-refractivity contribution in [3.63, 3.8) is 0 Å². The van der Waals surface area contributed by atoms with Crippen LogP contribution in [0, 0.1) is 0 Å². The summed E-state index contributed by atoms with van der Waals surface area (Å²) in [5.74, 6) is -2.42. The van der Waals surface area contributed by atoms with Gasteiger partial charge in [0.05, 0.1) is 0 Å². The number of phenols is 1. The van der Waals surface area contributed by atoms with Crippen molar-refractivity contribution in [1.82, 2.24) is 0 Å². The number of carboxylic acid groups (broad SMARTS) is 1. The van der Waals surface area contributed by atoms with E-state index in [2.05, 4.69) is 10.2 Å². The lowest BCUT2D eigenvalue weighted by atomic mass is 9.96. The second-order valence-electron chi connectivity index (χ2n) is 4.41. The lowest BCUT2D eigenvalue weighted by Crippen LogP contribution is -2.31. The number of carboxylic acids is 1. The normalized spacial score (nSPS) is 19.1. The van der Waals surface area contributed by atoms with E-state index in [9.17, 15) is 33.3 Å². The molecule has 1 aromatic rings. The summed E-state index contributed by atoms with van der Waals surface area (Å²) in [6, 6.07) is 2.37. The largest absolute Gasteiger partial charge is 0.508 e. The molecule has 0 aromatic heterocycles. The van der Waals surface area contributed by atoms with Gasteiger partial charge >= 0.3 is 17.8 Å². The van der Waals surface area contributed by atoms with E-state index in [1.54, 1.807) is 0 Å². The molecule has 2 unspecified atom stereocenters. The molecule has 2 rings (SSSR count). The first-order valence-corrected chi connectivity index (χ1v) is 5.52. The molecular formula is C11H9F3N2O5. The van der Waals surface area contributed by atoms with Crippen LogP contribution < -0.4 is 0 Å². The van der Waals surface area contributed by atoms with Gasteiger partial charge in [-0.2, -0.15) is 13.2 Å². The highest BCUT2D eigenvalue weighted by atomic mass is 19.4. The number of aliphatic hydroxyl groups is 2. The Kier molecular flexibility index (Phi) is 3.38. The van der Waals surface area contributed by atoms with E-state index in [1.807, 2.05) is 0 Å². The third-order valence-electron chi connectivity index (χ3n) is 2.93. The Bertz CT molecular complexity index is 610. The molecule has 114 valence electrons. The molecule has 0 saturated carbocycles. The molecule has 0 bridgehead atoms. The fourth-order valence-electron chi connectivity index (χ4n) is 1.77. The minimum Gasteiger partial charge on any atom is -0.508 e. The van der Waals surface area contributed by atoms with E-state index in [4.69, 9.17) is 5.11 Å². The number of rotatable bonds is 4. The predicted molar refractivity (Wildman–Crippen MR) is 59.3 cm³/mol. The van der Waals surface area contributed by atoms with Gasteiger partial charge in [0.25, 0.3) is 0 Å². The summed E-state index contributed by atoms with van der Waals surface area (Å²) in [7, 11) is 0. The van der Waals surface area contributed by atoms with Gasteiger partial charge in [-0.3, -0.25) is 0 Å². The van der Waals surface area contributed by atoms with Gasteiger partial charge in [0.15, 0.2) is 6.10 Å². The van der Waals surface area contributed by atoms with Crippen LogP contribution in [0.15, 0.2) is 28.4 Å². The number of aliphatic hydroxyl groups excluding tert-OH is 2. The van der Waals surface area contributed by atoms with Gasteiger partial charge in [-0.05, 0) is 23.8 Å². The molecule has 21 heavy (non-hydrogen) atoms. The number of halogens is 3. The van der Waals surface area contributed by atoms with Gasteiger partial charge in [-0.1, -0.05) is 0 Å². The third kappa shape index (κ3) is 2.54. The Balaban J connectivity index is 2.42. The molecule has 7 nitrogen and oxygen atoms in total. The highest BCUT2D eigenvalue weighted by Gasteiger charge is 2.65. The van der Waals surface area contributed by atoms with Crippen molar-refractivity contribution in [3.05, 3.63) is 29.3 Å². The number of benzene rings is 1.